The van der Waals surface area contributed by atoms with Gasteiger partial charge in [-0.25, -0.2) is 0 Å². The molecule has 0 aliphatic carbocycles. The summed E-state index contributed by atoms with van der Waals surface area (Å²) in [4.78, 5) is 2.25. The summed E-state index contributed by atoms with van der Waals surface area (Å²) in [5.41, 5.74) is 8.71. The van der Waals surface area contributed by atoms with Crippen molar-refractivity contribution in [1.29, 1.82) is 0 Å². The number of likely N-dealkylation sites (N-methyl/N-ethyl adjacent to an activating group) is 1. The van der Waals surface area contributed by atoms with E-state index in [1.807, 2.05) is 0 Å². The van der Waals surface area contributed by atoms with Gasteiger partial charge in [0.05, 0.1) is 0 Å². The standard InChI is InChI=1S/C15H26N2/c1-4-5-6-9-14(16)12-17(3)15-10-7-8-13(2)11-15/h7-8,10-11,14H,4-6,9,12,16H2,1-3H3. The Bertz CT molecular complexity index is 322. The summed E-state index contributed by atoms with van der Waals surface area (Å²) < 4.78 is 0. The molecule has 2 N–H and O–H groups in total. The largest absolute Gasteiger partial charge is 0.373 e. The van der Waals surface area contributed by atoms with E-state index >= 15 is 0 Å². The topological polar surface area (TPSA) is 29.3 Å². The SMILES string of the molecule is CCCCCC(N)CN(C)c1cccc(C)c1. The van der Waals surface area contributed by atoms with Crippen molar-refractivity contribution in [3.8, 4) is 0 Å². The summed E-state index contributed by atoms with van der Waals surface area (Å²) in [5, 5.41) is 0. The molecular weight excluding hydrogens is 208 g/mol. The lowest BCUT2D eigenvalue weighted by Gasteiger charge is -2.23. The van der Waals surface area contributed by atoms with Crippen molar-refractivity contribution in [2.45, 2.75) is 45.6 Å². The zero-order valence-corrected chi connectivity index (χ0v) is 11.4. The fourth-order valence-corrected chi connectivity index (χ4v) is 2.07. The fraction of sp³-hybridized carbons (Fsp3) is 0.600. The number of rotatable bonds is 7. The lowest BCUT2D eigenvalue weighted by molar-refractivity contribution is 0.557. The van der Waals surface area contributed by atoms with Gasteiger partial charge >= 0.3 is 0 Å². The van der Waals surface area contributed by atoms with E-state index in [0.717, 1.165) is 13.0 Å². The van der Waals surface area contributed by atoms with Crippen LogP contribution in [0.15, 0.2) is 24.3 Å². The Labute approximate surface area is 106 Å². The Morgan fingerprint density at radius 3 is 2.71 bits per heavy atom. The molecule has 0 fully saturated rings. The van der Waals surface area contributed by atoms with Gasteiger partial charge < -0.3 is 10.6 Å². The fourth-order valence-electron chi connectivity index (χ4n) is 2.07. The lowest BCUT2D eigenvalue weighted by atomic mass is 10.1. The first-order chi connectivity index (χ1) is 8.13. The van der Waals surface area contributed by atoms with Gasteiger partial charge in [0.2, 0.25) is 0 Å². The second-order valence-corrected chi connectivity index (χ2v) is 4.98. The van der Waals surface area contributed by atoms with Gasteiger partial charge in [-0.3, -0.25) is 0 Å². The second kappa shape index (κ2) is 7.33. The minimum absolute atomic E-state index is 0.284. The van der Waals surface area contributed by atoms with Crippen LogP contribution in [0.5, 0.6) is 0 Å². The third kappa shape index (κ3) is 5.22. The Kier molecular flexibility index (Phi) is 6.06. The maximum Gasteiger partial charge on any atom is 0.0366 e. The normalized spacial score (nSPS) is 12.5. The zero-order chi connectivity index (χ0) is 12.7. The van der Waals surface area contributed by atoms with Gasteiger partial charge in [-0.1, -0.05) is 38.3 Å². The maximum atomic E-state index is 6.15. The Morgan fingerprint density at radius 2 is 2.06 bits per heavy atom. The van der Waals surface area contributed by atoms with Crippen molar-refractivity contribution in [3.63, 3.8) is 0 Å². The van der Waals surface area contributed by atoms with Crippen LogP contribution in [-0.2, 0) is 0 Å². The minimum Gasteiger partial charge on any atom is -0.373 e. The van der Waals surface area contributed by atoms with Crippen LogP contribution < -0.4 is 10.6 Å². The van der Waals surface area contributed by atoms with Crippen LogP contribution in [0.25, 0.3) is 0 Å². The molecule has 1 aromatic carbocycles. The minimum atomic E-state index is 0.284. The van der Waals surface area contributed by atoms with Crippen LogP contribution in [0.2, 0.25) is 0 Å². The van der Waals surface area contributed by atoms with Gasteiger partial charge in [0, 0.05) is 25.3 Å². The van der Waals surface area contributed by atoms with Crippen LogP contribution in [0, 0.1) is 6.92 Å². The molecule has 1 rings (SSSR count). The number of benzene rings is 1. The van der Waals surface area contributed by atoms with Crippen LogP contribution in [0.1, 0.15) is 38.2 Å². The van der Waals surface area contributed by atoms with Gasteiger partial charge in [-0.05, 0) is 31.0 Å². The zero-order valence-electron chi connectivity index (χ0n) is 11.4. The van der Waals surface area contributed by atoms with E-state index < -0.39 is 0 Å². The van der Waals surface area contributed by atoms with E-state index in [1.165, 1.54) is 30.5 Å². The number of aryl methyl sites for hydroxylation is 1. The highest BCUT2D eigenvalue weighted by molar-refractivity contribution is 5.47. The number of nitrogens with two attached hydrogens (primary N) is 1. The molecule has 0 bridgehead atoms. The molecule has 1 unspecified atom stereocenters. The quantitative estimate of drug-likeness (QED) is 0.733. The van der Waals surface area contributed by atoms with Crippen LogP contribution in [0.4, 0.5) is 5.69 Å². The third-order valence-electron chi connectivity index (χ3n) is 3.13. The average Bonchev–Trinajstić information content (AvgIpc) is 2.29. The molecule has 1 aromatic rings. The van der Waals surface area contributed by atoms with E-state index in [4.69, 9.17) is 5.73 Å². The second-order valence-electron chi connectivity index (χ2n) is 4.98. The van der Waals surface area contributed by atoms with E-state index in [0.29, 0.717) is 0 Å². The van der Waals surface area contributed by atoms with Crippen LogP contribution >= 0.6 is 0 Å². The van der Waals surface area contributed by atoms with E-state index in [9.17, 15) is 0 Å². The molecule has 0 saturated heterocycles. The van der Waals surface area contributed by atoms with Gasteiger partial charge in [0.25, 0.3) is 0 Å². The molecule has 2 nitrogen and oxygen atoms in total. The first-order valence-corrected chi connectivity index (χ1v) is 6.67. The molecule has 0 aromatic heterocycles. The Morgan fingerprint density at radius 1 is 1.29 bits per heavy atom. The molecular formula is C15H26N2. The highest BCUT2D eigenvalue weighted by atomic mass is 15.1. The average molecular weight is 234 g/mol. The summed E-state index contributed by atoms with van der Waals surface area (Å²) in [7, 11) is 2.12. The number of anilines is 1. The van der Waals surface area contributed by atoms with Crippen molar-refractivity contribution in [2.75, 3.05) is 18.5 Å². The summed E-state index contributed by atoms with van der Waals surface area (Å²) >= 11 is 0. The molecule has 0 heterocycles. The summed E-state index contributed by atoms with van der Waals surface area (Å²) in [6, 6.07) is 8.86. The van der Waals surface area contributed by atoms with E-state index in [1.54, 1.807) is 0 Å². The Balaban J connectivity index is 2.40. The first-order valence-electron chi connectivity index (χ1n) is 6.67. The predicted molar refractivity (Wildman–Crippen MR) is 76.6 cm³/mol. The molecule has 1 atom stereocenters. The monoisotopic (exact) mass is 234 g/mol. The van der Waals surface area contributed by atoms with Gasteiger partial charge in [-0.2, -0.15) is 0 Å². The molecule has 0 aliphatic rings. The van der Waals surface area contributed by atoms with E-state index in [-0.39, 0.29) is 6.04 Å². The molecule has 96 valence electrons. The Hall–Kier alpha value is -1.02. The summed E-state index contributed by atoms with van der Waals surface area (Å²) in [6.07, 6.45) is 4.94. The van der Waals surface area contributed by atoms with Crippen molar-refractivity contribution in [2.24, 2.45) is 5.73 Å². The maximum absolute atomic E-state index is 6.15. The number of nitrogens with zero attached hydrogens (tertiary/aromatic N) is 1. The molecule has 2 heteroatoms. The molecule has 0 saturated carbocycles. The smallest absolute Gasteiger partial charge is 0.0366 e. The predicted octanol–water partition coefficient (Wildman–Crippen LogP) is 3.34. The molecule has 0 radical (unpaired) electrons. The number of hydrogen-bond donors (Lipinski definition) is 1. The van der Waals surface area contributed by atoms with Gasteiger partial charge in [0.1, 0.15) is 0 Å². The van der Waals surface area contributed by atoms with Crippen molar-refractivity contribution < 1.29 is 0 Å². The van der Waals surface area contributed by atoms with Crippen LogP contribution in [-0.4, -0.2) is 19.6 Å². The van der Waals surface area contributed by atoms with Crippen molar-refractivity contribution in [3.05, 3.63) is 29.8 Å². The lowest BCUT2D eigenvalue weighted by Crippen LogP contribution is -2.35. The molecule has 0 spiro atoms. The number of hydrogen-bond acceptors (Lipinski definition) is 2. The van der Waals surface area contributed by atoms with E-state index in [2.05, 4.69) is 50.1 Å². The molecule has 0 aliphatic heterocycles. The van der Waals surface area contributed by atoms with Crippen LogP contribution in [0.3, 0.4) is 0 Å². The molecule has 17 heavy (non-hydrogen) atoms. The first kappa shape index (κ1) is 14.0. The van der Waals surface area contributed by atoms with Crippen molar-refractivity contribution in [1.82, 2.24) is 0 Å². The summed E-state index contributed by atoms with van der Waals surface area (Å²) in [5.74, 6) is 0. The third-order valence-corrected chi connectivity index (χ3v) is 3.13. The highest BCUT2D eigenvalue weighted by Gasteiger charge is 2.07. The van der Waals surface area contributed by atoms with Crippen molar-refractivity contribution >= 4 is 5.69 Å². The highest BCUT2D eigenvalue weighted by Crippen LogP contribution is 2.15. The number of unbranched alkanes of at least 4 members (excludes halogenated alkanes) is 2. The molecule has 0 amide bonds. The summed E-state index contributed by atoms with van der Waals surface area (Å²) in [6.45, 7) is 5.29. The van der Waals surface area contributed by atoms with Gasteiger partial charge in [-0.15, -0.1) is 0 Å². The van der Waals surface area contributed by atoms with Gasteiger partial charge in [0.15, 0.2) is 0 Å².